The zero-order chi connectivity index (χ0) is 16.1. The van der Waals surface area contributed by atoms with Gasteiger partial charge in [0.05, 0.1) is 20.1 Å². The van der Waals surface area contributed by atoms with Gasteiger partial charge in [0.15, 0.2) is 0 Å². The molecule has 0 atom stereocenters. The number of hydrogen-bond acceptors (Lipinski definition) is 3. The first-order chi connectivity index (χ1) is 10.5. The van der Waals surface area contributed by atoms with Gasteiger partial charge >= 0.3 is 0 Å². The second kappa shape index (κ2) is 7.24. The Morgan fingerprint density at radius 3 is 2.77 bits per heavy atom. The molecule has 0 radical (unpaired) electrons. The Morgan fingerprint density at radius 2 is 2.14 bits per heavy atom. The number of anilines is 1. The molecular weight excluding hydrogens is 309 g/mol. The molecule has 22 heavy (non-hydrogen) atoms. The highest BCUT2D eigenvalue weighted by molar-refractivity contribution is 6.31. The number of rotatable bonds is 5. The second-order valence-corrected chi connectivity index (χ2v) is 5.02. The van der Waals surface area contributed by atoms with E-state index in [1.165, 1.54) is 25.3 Å². The summed E-state index contributed by atoms with van der Waals surface area (Å²) in [6.07, 6.45) is -0.175. The van der Waals surface area contributed by atoms with E-state index in [-0.39, 0.29) is 23.6 Å². The molecule has 2 rings (SSSR count). The van der Waals surface area contributed by atoms with E-state index in [9.17, 15) is 14.3 Å². The molecule has 0 unspecified atom stereocenters. The summed E-state index contributed by atoms with van der Waals surface area (Å²) in [6, 6.07) is 9.14. The Hall–Kier alpha value is -2.11. The number of nitrogens with one attached hydrogen (secondary N) is 1. The van der Waals surface area contributed by atoms with Crippen molar-refractivity contribution in [2.24, 2.45) is 0 Å². The maximum Gasteiger partial charge on any atom is 0.228 e. The van der Waals surface area contributed by atoms with Crippen LogP contribution in [0.4, 0.5) is 10.1 Å². The Morgan fingerprint density at radius 1 is 1.36 bits per heavy atom. The Balaban J connectivity index is 2.12. The standard InChI is InChI=1S/C16H15ClFNO3/c1-22-15-6-5-11(7-10(15)9-20)19-16(21)8-12-13(17)3-2-4-14(12)18/h2-7,20H,8-9H2,1H3,(H,19,21). The average molecular weight is 324 g/mol. The van der Waals surface area contributed by atoms with Gasteiger partial charge in [-0.1, -0.05) is 17.7 Å². The van der Waals surface area contributed by atoms with Gasteiger partial charge in [-0.25, -0.2) is 4.39 Å². The van der Waals surface area contributed by atoms with Crippen LogP contribution in [-0.4, -0.2) is 18.1 Å². The lowest BCUT2D eigenvalue weighted by molar-refractivity contribution is -0.115. The summed E-state index contributed by atoms with van der Waals surface area (Å²) in [5.41, 5.74) is 1.18. The molecule has 0 saturated heterocycles. The second-order valence-electron chi connectivity index (χ2n) is 4.61. The maximum absolute atomic E-state index is 13.7. The van der Waals surface area contributed by atoms with E-state index in [1.54, 1.807) is 18.2 Å². The van der Waals surface area contributed by atoms with Gasteiger partial charge in [-0.05, 0) is 30.3 Å². The largest absolute Gasteiger partial charge is 0.496 e. The number of benzene rings is 2. The van der Waals surface area contributed by atoms with Crippen LogP contribution in [0.5, 0.6) is 5.75 Å². The van der Waals surface area contributed by atoms with Crippen LogP contribution in [0.3, 0.4) is 0 Å². The highest BCUT2D eigenvalue weighted by Crippen LogP contribution is 2.23. The van der Waals surface area contributed by atoms with Gasteiger partial charge < -0.3 is 15.2 Å². The van der Waals surface area contributed by atoms with Crippen molar-refractivity contribution in [3.05, 3.63) is 58.4 Å². The predicted octanol–water partition coefficient (Wildman–Crippen LogP) is 3.16. The molecule has 1 amide bonds. The van der Waals surface area contributed by atoms with Crippen LogP contribution in [0.15, 0.2) is 36.4 Å². The van der Waals surface area contributed by atoms with E-state index >= 15 is 0 Å². The van der Waals surface area contributed by atoms with E-state index in [0.29, 0.717) is 17.0 Å². The monoisotopic (exact) mass is 323 g/mol. The van der Waals surface area contributed by atoms with Crippen molar-refractivity contribution in [2.45, 2.75) is 13.0 Å². The summed E-state index contributed by atoms with van der Waals surface area (Å²) in [5, 5.41) is 12.1. The number of amides is 1. The molecule has 6 heteroatoms. The molecule has 116 valence electrons. The van der Waals surface area contributed by atoms with Crippen LogP contribution in [0.1, 0.15) is 11.1 Å². The molecule has 0 aliphatic heterocycles. The smallest absolute Gasteiger partial charge is 0.228 e. The van der Waals surface area contributed by atoms with Crippen molar-refractivity contribution in [1.29, 1.82) is 0 Å². The number of ether oxygens (including phenoxy) is 1. The molecule has 4 nitrogen and oxygen atoms in total. The van der Waals surface area contributed by atoms with Crippen molar-refractivity contribution in [3.8, 4) is 5.75 Å². The molecule has 0 aromatic heterocycles. The quantitative estimate of drug-likeness (QED) is 0.888. The van der Waals surface area contributed by atoms with Crippen LogP contribution >= 0.6 is 11.6 Å². The van der Waals surface area contributed by atoms with Crippen molar-refractivity contribution >= 4 is 23.2 Å². The fourth-order valence-corrected chi connectivity index (χ4v) is 2.28. The minimum absolute atomic E-state index is 0.151. The SMILES string of the molecule is COc1ccc(NC(=O)Cc2c(F)cccc2Cl)cc1CO. The van der Waals surface area contributed by atoms with Crippen molar-refractivity contribution in [3.63, 3.8) is 0 Å². The third-order valence-electron chi connectivity index (χ3n) is 3.13. The molecule has 0 bridgehead atoms. The summed E-state index contributed by atoms with van der Waals surface area (Å²) in [5.74, 6) is -0.396. The van der Waals surface area contributed by atoms with E-state index in [2.05, 4.69) is 5.32 Å². The molecular formula is C16H15ClFNO3. The fraction of sp³-hybridized carbons (Fsp3) is 0.188. The third kappa shape index (κ3) is 3.75. The molecule has 2 aromatic rings. The van der Waals surface area contributed by atoms with Crippen LogP contribution in [0, 0.1) is 5.82 Å². The molecule has 0 saturated carbocycles. The maximum atomic E-state index is 13.7. The number of hydrogen-bond donors (Lipinski definition) is 2. The fourth-order valence-electron chi connectivity index (χ4n) is 2.05. The van der Waals surface area contributed by atoms with Gasteiger partial charge in [-0.2, -0.15) is 0 Å². The van der Waals surface area contributed by atoms with Crippen LogP contribution in [0.2, 0.25) is 5.02 Å². The summed E-state index contributed by atoms with van der Waals surface area (Å²) in [6.45, 7) is -0.216. The summed E-state index contributed by atoms with van der Waals surface area (Å²) in [4.78, 5) is 12.0. The lowest BCUT2D eigenvalue weighted by Crippen LogP contribution is -2.15. The number of carbonyl (C=O) groups excluding carboxylic acids is 1. The number of carbonyl (C=O) groups is 1. The predicted molar refractivity (Wildman–Crippen MR) is 82.7 cm³/mol. The van der Waals surface area contributed by atoms with E-state index < -0.39 is 11.7 Å². The van der Waals surface area contributed by atoms with Crippen molar-refractivity contribution in [1.82, 2.24) is 0 Å². The van der Waals surface area contributed by atoms with Gasteiger partial charge in [-0.15, -0.1) is 0 Å². The summed E-state index contributed by atoms with van der Waals surface area (Å²) >= 11 is 5.89. The van der Waals surface area contributed by atoms with E-state index in [1.807, 2.05) is 0 Å². The van der Waals surface area contributed by atoms with E-state index in [4.69, 9.17) is 16.3 Å². The highest BCUT2D eigenvalue weighted by atomic mass is 35.5. The van der Waals surface area contributed by atoms with Gasteiger partial charge in [-0.3, -0.25) is 4.79 Å². The topological polar surface area (TPSA) is 58.6 Å². The first-order valence-electron chi connectivity index (χ1n) is 6.55. The Bertz CT molecular complexity index is 671. The average Bonchev–Trinajstić information content (AvgIpc) is 2.51. The lowest BCUT2D eigenvalue weighted by atomic mass is 10.1. The van der Waals surface area contributed by atoms with Crippen LogP contribution in [0.25, 0.3) is 0 Å². The third-order valence-corrected chi connectivity index (χ3v) is 3.49. The molecule has 2 aromatic carbocycles. The minimum atomic E-state index is -0.520. The summed E-state index contributed by atoms with van der Waals surface area (Å²) < 4.78 is 18.7. The van der Waals surface area contributed by atoms with Gasteiger partial charge in [0, 0.05) is 21.8 Å². The lowest BCUT2D eigenvalue weighted by Gasteiger charge is -2.11. The number of aliphatic hydroxyl groups excluding tert-OH is 1. The molecule has 0 heterocycles. The number of halogens is 2. The van der Waals surface area contributed by atoms with Gasteiger partial charge in [0.2, 0.25) is 5.91 Å². The zero-order valence-corrected chi connectivity index (χ0v) is 12.7. The van der Waals surface area contributed by atoms with Gasteiger partial charge in [0.25, 0.3) is 0 Å². The minimum Gasteiger partial charge on any atom is -0.496 e. The van der Waals surface area contributed by atoms with Crippen LogP contribution in [-0.2, 0) is 17.8 Å². The van der Waals surface area contributed by atoms with E-state index in [0.717, 1.165) is 0 Å². The molecule has 0 spiro atoms. The first kappa shape index (κ1) is 16.3. The zero-order valence-electron chi connectivity index (χ0n) is 11.9. The molecule has 0 aliphatic carbocycles. The number of aliphatic hydroxyl groups is 1. The molecule has 2 N–H and O–H groups in total. The first-order valence-corrected chi connectivity index (χ1v) is 6.93. The highest BCUT2D eigenvalue weighted by Gasteiger charge is 2.13. The molecule has 0 fully saturated rings. The molecule has 0 aliphatic rings. The summed E-state index contributed by atoms with van der Waals surface area (Å²) in [7, 11) is 1.49. The number of methoxy groups -OCH3 is 1. The Labute approximate surface area is 132 Å². The van der Waals surface area contributed by atoms with Crippen molar-refractivity contribution in [2.75, 3.05) is 12.4 Å². The normalized spacial score (nSPS) is 10.4. The van der Waals surface area contributed by atoms with Gasteiger partial charge in [0.1, 0.15) is 11.6 Å². The van der Waals surface area contributed by atoms with Crippen molar-refractivity contribution < 1.29 is 19.0 Å². The van der Waals surface area contributed by atoms with Crippen LogP contribution < -0.4 is 10.1 Å². The Kier molecular flexibility index (Phi) is 5.35.